The molecule has 21 heavy (non-hydrogen) atoms. The Bertz CT molecular complexity index is 832. The van der Waals surface area contributed by atoms with Crippen molar-refractivity contribution in [3.05, 3.63) is 82.0 Å². The number of nitro groups is 1. The first-order valence-corrected chi connectivity index (χ1v) is 6.62. The highest BCUT2D eigenvalue weighted by Crippen LogP contribution is 2.25. The zero-order chi connectivity index (χ0) is 14.8. The van der Waals surface area contributed by atoms with Crippen molar-refractivity contribution in [3.63, 3.8) is 0 Å². The highest BCUT2D eigenvalue weighted by molar-refractivity contribution is 5.93. The van der Waals surface area contributed by atoms with Crippen LogP contribution in [0.2, 0.25) is 0 Å². The van der Waals surface area contributed by atoms with Crippen LogP contribution >= 0.6 is 0 Å². The Morgan fingerprint density at radius 1 is 1.10 bits per heavy atom. The summed E-state index contributed by atoms with van der Waals surface area (Å²) in [6.45, 7) is 0. The highest BCUT2D eigenvalue weighted by Gasteiger charge is 2.15. The summed E-state index contributed by atoms with van der Waals surface area (Å²) in [6, 6.07) is 16.8. The van der Waals surface area contributed by atoms with E-state index in [1.807, 2.05) is 48.1 Å². The summed E-state index contributed by atoms with van der Waals surface area (Å²) in [5.74, 6) is 0. The van der Waals surface area contributed by atoms with Gasteiger partial charge in [0.2, 0.25) is 0 Å². The third-order valence-corrected chi connectivity index (χ3v) is 3.49. The predicted octanol–water partition coefficient (Wildman–Crippen LogP) is 3.95. The minimum Gasteiger partial charge on any atom is -0.350 e. The summed E-state index contributed by atoms with van der Waals surface area (Å²) in [6.07, 6.45) is 3.55. The summed E-state index contributed by atoms with van der Waals surface area (Å²) >= 11 is 0. The van der Waals surface area contributed by atoms with Crippen LogP contribution in [0.3, 0.4) is 0 Å². The molecule has 0 unspecified atom stereocenters. The van der Waals surface area contributed by atoms with Gasteiger partial charge >= 0.3 is 0 Å². The molecule has 0 spiro atoms. The molecule has 1 aromatic heterocycles. The highest BCUT2D eigenvalue weighted by atomic mass is 16.6. The van der Waals surface area contributed by atoms with Crippen LogP contribution in [0.25, 0.3) is 22.7 Å². The van der Waals surface area contributed by atoms with E-state index in [0.717, 1.165) is 16.5 Å². The Hall–Kier alpha value is -2.88. The third kappa shape index (κ3) is 2.43. The Morgan fingerprint density at radius 3 is 2.48 bits per heavy atom. The second-order valence-electron chi connectivity index (χ2n) is 4.87. The quantitative estimate of drug-likeness (QED) is 0.538. The standard InChI is InChI=1S/C17H14N2O2/c1-18-12-14(15-9-5-6-10-16(15)18)11-17(19(20)21)13-7-3-2-4-8-13/h2-12H,1H3/b17-11+. The number of aromatic nitrogens is 1. The molecule has 0 amide bonds. The van der Waals surface area contributed by atoms with E-state index in [1.54, 1.807) is 30.3 Å². The molecular formula is C17H14N2O2. The van der Waals surface area contributed by atoms with Crippen LogP contribution in [-0.4, -0.2) is 9.49 Å². The summed E-state index contributed by atoms with van der Waals surface area (Å²) in [5, 5.41) is 12.4. The molecule has 4 nitrogen and oxygen atoms in total. The van der Waals surface area contributed by atoms with E-state index < -0.39 is 0 Å². The average Bonchev–Trinajstić information content (AvgIpc) is 2.82. The van der Waals surface area contributed by atoms with Crippen LogP contribution in [0.1, 0.15) is 11.1 Å². The molecule has 0 N–H and O–H groups in total. The Morgan fingerprint density at radius 2 is 1.76 bits per heavy atom. The van der Waals surface area contributed by atoms with Crippen molar-refractivity contribution in [2.75, 3.05) is 0 Å². The summed E-state index contributed by atoms with van der Waals surface area (Å²) in [5.41, 5.74) is 2.62. The first-order valence-electron chi connectivity index (χ1n) is 6.62. The monoisotopic (exact) mass is 278 g/mol. The molecule has 0 aliphatic heterocycles. The fraction of sp³-hybridized carbons (Fsp3) is 0.0588. The molecule has 104 valence electrons. The molecule has 0 atom stereocenters. The maximum absolute atomic E-state index is 11.4. The predicted molar refractivity (Wildman–Crippen MR) is 84.2 cm³/mol. The van der Waals surface area contributed by atoms with Gasteiger partial charge in [-0.1, -0.05) is 36.4 Å². The second-order valence-corrected chi connectivity index (χ2v) is 4.87. The number of aryl methyl sites for hydroxylation is 1. The minimum absolute atomic E-state index is 0.104. The fourth-order valence-corrected chi connectivity index (χ4v) is 2.49. The molecule has 3 rings (SSSR count). The normalized spacial score (nSPS) is 11.8. The van der Waals surface area contributed by atoms with Crippen LogP contribution in [0.5, 0.6) is 0 Å². The van der Waals surface area contributed by atoms with Gasteiger partial charge in [0.1, 0.15) is 0 Å². The van der Waals surface area contributed by atoms with Crippen molar-refractivity contribution in [1.29, 1.82) is 0 Å². The smallest absolute Gasteiger partial charge is 0.277 e. The van der Waals surface area contributed by atoms with Crippen LogP contribution in [0, 0.1) is 10.1 Å². The van der Waals surface area contributed by atoms with Gasteiger partial charge in [-0.05, 0) is 18.2 Å². The number of rotatable bonds is 3. The second kappa shape index (κ2) is 5.25. The van der Waals surface area contributed by atoms with Gasteiger partial charge in [-0.2, -0.15) is 0 Å². The van der Waals surface area contributed by atoms with Crippen molar-refractivity contribution >= 4 is 22.7 Å². The third-order valence-electron chi connectivity index (χ3n) is 3.49. The van der Waals surface area contributed by atoms with Gasteiger partial charge in [-0.3, -0.25) is 10.1 Å². The zero-order valence-corrected chi connectivity index (χ0v) is 11.6. The van der Waals surface area contributed by atoms with Gasteiger partial charge in [-0.25, -0.2) is 0 Å². The molecule has 0 bridgehead atoms. The van der Waals surface area contributed by atoms with Crippen LogP contribution in [-0.2, 0) is 7.05 Å². The Balaban J connectivity index is 2.19. The number of hydrogen-bond donors (Lipinski definition) is 0. The maximum atomic E-state index is 11.4. The fourth-order valence-electron chi connectivity index (χ4n) is 2.49. The molecule has 4 heteroatoms. The van der Waals surface area contributed by atoms with E-state index >= 15 is 0 Å². The molecule has 1 heterocycles. The lowest BCUT2D eigenvalue weighted by Crippen LogP contribution is -1.97. The van der Waals surface area contributed by atoms with E-state index in [4.69, 9.17) is 0 Å². The maximum Gasteiger partial charge on any atom is 0.277 e. The van der Waals surface area contributed by atoms with Crippen molar-refractivity contribution in [2.45, 2.75) is 0 Å². The lowest BCUT2D eigenvalue weighted by molar-refractivity contribution is -0.374. The Kier molecular flexibility index (Phi) is 3.28. The average molecular weight is 278 g/mol. The van der Waals surface area contributed by atoms with E-state index in [0.29, 0.717) is 5.56 Å². The largest absolute Gasteiger partial charge is 0.350 e. The molecule has 0 fully saturated rings. The summed E-state index contributed by atoms with van der Waals surface area (Å²) in [4.78, 5) is 11.0. The van der Waals surface area contributed by atoms with Gasteiger partial charge in [0.25, 0.3) is 5.70 Å². The number of benzene rings is 2. The molecular weight excluding hydrogens is 264 g/mol. The van der Waals surface area contributed by atoms with Crippen molar-refractivity contribution in [3.8, 4) is 0 Å². The van der Waals surface area contributed by atoms with Gasteiger partial charge in [0.05, 0.1) is 10.5 Å². The molecule has 3 aromatic rings. The molecule has 0 saturated carbocycles. The number of para-hydroxylation sites is 1. The zero-order valence-electron chi connectivity index (χ0n) is 11.6. The topological polar surface area (TPSA) is 48.1 Å². The summed E-state index contributed by atoms with van der Waals surface area (Å²) in [7, 11) is 1.94. The lowest BCUT2D eigenvalue weighted by Gasteiger charge is -1.98. The molecule has 0 aliphatic carbocycles. The SMILES string of the molecule is Cn1cc(/C=C(\c2ccccc2)[N+](=O)[O-])c2ccccc21. The molecule has 2 aromatic carbocycles. The van der Waals surface area contributed by atoms with Crippen LogP contribution in [0.15, 0.2) is 60.8 Å². The van der Waals surface area contributed by atoms with Crippen LogP contribution in [0.4, 0.5) is 0 Å². The van der Waals surface area contributed by atoms with Gasteiger partial charge in [0, 0.05) is 35.8 Å². The van der Waals surface area contributed by atoms with E-state index in [2.05, 4.69) is 0 Å². The summed E-state index contributed by atoms with van der Waals surface area (Å²) < 4.78 is 1.98. The van der Waals surface area contributed by atoms with Gasteiger partial charge in [-0.15, -0.1) is 0 Å². The lowest BCUT2D eigenvalue weighted by atomic mass is 10.1. The molecule has 0 saturated heterocycles. The van der Waals surface area contributed by atoms with Gasteiger partial charge in [0.15, 0.2) is 0 Å². The van der Waals surface area contributed by atoms with E-state index in [1.165, 1.54) is 0 Å². The number of nitrogens with zero attached hydrogens (tertiary/aromatic N) is 2. The van der Waals surface area contributed by atoms with Crippen molar-refractivity contribution in [2.24, 2.45) is 7.05 Å². The van der Waals surface area contributed by atoms with Crippen LogP contribution < -0.4 is 0 Å². The number of fused-ring (bicyclic) bond motifs is 1. The first-order chi connectivity index (χ1) is 10.2. The van der Waals surface area contributed by atoms with Crippen molar-refractivity contribution < 1.29 is 4.92 Å². The van der Waals surface area contributed by atoms with E-state index in [9.17, 15) is 10.1 Å². The van der Waals surface area contributed by atoms with Gasteiger partial charge < -0.3 is 4.57 Å². The minimum atomic E-state index is -0.336. The molecule has 0 aliphatic rings. The van der Waals surface area contributed by atoms with Crippen molar-refractivity contribution in [1.82, 2.24) is 4.57 Å². The number of hydrogen-bond acceptors (Lipinski definition) is 2. The van der Waals surface area contributed by atoms with E-state index in [-0.39, 0.29) is 10.6 Å². The Labute approximate surface area is 122 Å². The molecule has 0 radical (unpaired) electrons. The first kappa shape index (κ1) is 13.1.